The van der Waals surface area contributed by atoms with Crippen molar-refractivity contribution in [2.24, 2.45) is 5.41 Å². The Kier molecular flexibility index (Phi) is 5.29. The minimum atomic E-state index is -2.56. The quantitative estimate of drug-likeness (QED) is 0.378. The Hall–Kier alpha value is -3.46. The lowest BCUT2D eigenvalue weighted by Gasteiger charge is -2.54. The lowest BCUT2D eigenvalue weighted by atomic mass is 9.59. The van der Waals surface area contributed by atoms with Gasteiger partial charge in [0.25, 0.3) is 0 Å². The maximum Gasteiger partial charge on any atom is 0.439 e. The predicted octanol–water partition coefficient (Wildman–Crippen LogP) is 5.58. The highest BCUT2D eigenvalue weighted by Crippen LogP contribution is 2.60. The van der Waals surface area contributed by atoms with Gasteiger partial charge in [0.1, 0.15) is 5.75 Å². The first kappa shape index (κ1) is 23.0. The SMILES string of the molecule is COc1cc(C)c2[nH]ccc2c1CN1CCC2(C[C@H]1c1ccc(-c3noc(=O)[nH]3)cc1)CC(F)(F)C2. The van der Waals surface area contributed by atoms with Gasteiger partial charge in [-0.2, -0.15) is 0 Å². The molecule has 6 rings (SSSR count). The first-order valence-electron chi connectivity index (χ1n) is 12.2. The molecule has 2 aromatic heterocycles. The van der Waals surface area contributed by atoms with E-state index in [1.807, 2.05) is 30.5 Å². The zero-order valence-electron chi connectivity index (χ0n) is 20.2. The second kappa shape index (κ2) is 8.30. The summed E-state index contributed by atoms with van der Waals surface area (Å²) in [7, 11) is 1.68. The highest BCUT2D eigenvalue weighted by molar-refractivity contribution is 5.88. The van der Waals surface area contributed by atoms with E-state index in [9.17, 15) is 13.6 Å². The molecule has 1 atom stereocenters. The number of nitrogens with zero attached hydrogens (tertiary/aromatic N) is 2. The van der Waals surface area contributed by atoms with Gasteiger partial charge >= 0.3 is 5.76 Å². The summed E-state index contributed by atoms with van der Waals surface area (Å²) in [5.74, 6) is -1.98. The molecule has 2 aromatic carbocycles. The van der Waals surface area contributed by atoms with E-state index in [0.29, 0.717) is 18.8 Å². The molecule has 1 aliphatic heterocycles. The van der Waals surface area contributed by atoms with E-state index in [1.54, 1.807) is 7.11 Å². The number of likely N-dealkylation sites (tertiary alicyclic amines) is 1. The van der Waals surface area contributed by atoms with Gasteiger partial charge in [0, 0.05) is 53.7 Å². The van der Waals surface area contributed by atoms with Crippen molar-refractivity contribution in [3.05, 3.63) is 69.8 Å². The van der Waals surface area contributed by atoms with Gasteiger partial charge in [-0.25, -0.2) is 13.6 Å². The van der Waals surface area contributed by atoms with Crippen LogP contribution in [-0.2, 0) is 6.54 Å². The lowest BCUT2D eigenvalue weighted by Crippen LogP contribution is -2.53. The molecule has 1 aliphatic carbocycles. The Labute approximate surface area is 206 Å². The van der Waals surface area contributed by atoms with Crippen LogP contribution in [0.2, 0.25) is 0 Å². The van der Waals surface area contributed by atoms with Crippen LogP contribution in [-0.4, -0.2) is 39.6 Å². The zero-order valence-corrected chi connectivity index (χ0v) is 20.2. The van der Waals surface area contributed by atoms with E-state index in [2.05, 4.69) is 43.6 Å². The number of hydrogen-bond acceptors (Lipinski definition) is 5. The smallest absolute Gasteiger partial charge is 0.439 e. The van der Waals surface area contributed by atoms with Gasteiger partial charge < -0.3 is 9.72 Å². The molecule has 0 unspecified atom stereocenters. The predicted molar refractivity (Wildman–Crippen MR) is 131 cm³/mol. The van der Waals surface area contributed by atoms with Crippen LogP contribution in [0.4, 0.5) is 8.78 Å². The van der Waals surface area contributed by atoms with Crippen LogP contribution in [0.15, 0.2) is 51.9 Å². The molecule has 2 fully saturated rings. The maximum absolute atomic E-state index is 14.0. The Bertz CT molecular complexity index is 1460. The number of rotatable bonds is 5. The number of methoxy groups -OCH3 is 1. The first-order chi connectivity index (χ1) is 17.3. The number of nitrogens with one attached hydrogen (secondary N) is 2. The van der Waals surface area contributed by atoms with Crippen molar-refractivity contribution in [1.82, 2.24) is 20.0 Å². The van der Waals surface area contributed by atoms with Crippen molar-refractivity contribution >= 4 is 10.9 Å². The molecule has 1 saturated carbocycles. The molecule has 7 nitrogen and oxygen atoms in total. The number of halogens is 2. The third kappa shape index (κ3) is 3.91. The summed E-state index contributed by atoms with van der Waals surface area (Å²) in [6, 6.07) is 11.8. The van der Waals surface area contributed by atoms with E-state index < -0.39 is 11.7 Å². The van der Waals surface area contributed by atoms with Gasteiger partial charge in [-0.1, -0.05) is 29.4 Å². The molecule has 1 spiro atoms. The Morgan fingerprint density at radius 3 is 2.67 bits per heavy atom. The number of aryl methyl sites for hydroxylation is 1. The number of aromatic amines is 2. The highest BCUT2D eigenvalue weighted by atomic mass is 19.3. The molecule has 36 heavy (non-hydrogen) atoms. The van der Waals surface area contributed by atoms with Gasteiger partial charge in [0.15, 0.2) is 5.82 Å². The minimum absolute atomic E-state index is 0.0275. The molecular formula is C27H28F2N4O3. The number of hydrogen-bond donors (Lipinski definition) is 2. The summed E-state index contributed by atoms with van der Waals surface area (Å²) in [4.78, 5) is 19.6. The molecule has 2 aliphatic rings. The summed E-state index contributed by atoms with van der Waals surface area (Å²) >= 11 is 0. The highest BCUT2D eigenvalue weighted by Gasteiger charge is 2.58. The third-order valence-electron chi connectivity index (χ3n) is 7.97. The maximum atomic E-state index is 14.0. The largest absolute Gasteiger partial charge is 0.496 e. The van der Waals surface area contributed by atoms with Crippen LogP contribution in [0.25, 0.3) is 22.3 Å². The van der Waals surface area contributed by atoms with E-state index in [4.69, 9.17) is 4.74 Å². The van der Waals surface area contributed by atoms with Crippen LogP contribution in [0.5, 0.6) is 5.75 Å². The van der Waals surface area contributed by atoms with Gasteiger partial charge in [-0.05, 0) is 55.0 Å². The van der Waals surface area contributed by atoms with Crippen LogP contribution in [0, 0.1) is 12.3 Å². The first-order valence-corrected chi connectivity index (χ1v) is 12.2. The summed E-state index contributed by atoms with van der Waals surface area (Å²) in [6.07, 6.45) is 3.28. The van der Waals surface area contributed by atoms with Crippen molar-refractivity contribution in [3.63, 3.8) is 0 Å². The Morgan fingerprint density at radius 1 is 1.22 bits per heavy atom. The fourth-order valence-electron chi connectivity index (χ4n) is 6.26. The molecule has 3 heterocycles. The minimum Gasteiger partial charge on any atom is -0.496 e. The van der Waals surface area contributed by atoms with Crippen LogP contribution in [0.1, 0.15) is 48.4 Å². The fourth-order valence-corrected chi connectivity index (χ4v) is 6.26. The third-order valence-corrected chi connectivity index (χ3v) is 7.97. The molecule has 0 amide bonds. The molecule has 0 bridgehead atoms. The second-order valence-electron chi connectivity index (χ2n) is 10.4. The summed E-state index contributed by atoms with van der Waals surface area (Å²) < 4.78 is 38.4. The lowest BCUT2D eigenvalue weighted by molar-refractivity contribution is -0.186. The standard InChI is InChI=1S/C27H28F2N4O3/c1-16-11-22(35-2)20(19-7-9-30-23(16)19)13-33-10-8-26(14-27(28,29)15-26)12-21(33)17-3-5-18(6-4-17)24-31-25(34)36-32-24/h3-7,9,11,21,30H,8,10,12-15H2,1-2H3,(H,31,32,34)/t21-/m0/s1. The number of ether oxygens (including phenoxy) is 1. The average molecular weight is 495 g/mol. The summed E-state index contributed by atoms with van der Waals surface area (Å²) in [5.41, 5.74) is 4.74. The van der Waals surface area contributed by atoms with E-state index in [1.165, 1.54) is 0 Å². The molecule has 2 N–H and O–H groups in total. The van der Waals surface area contributed by atoms with Crippen molar-refractivity contribution in [2.45, 2.75) is 51.1 Å². The van der Waals surface area contributed by atoms with Crippen molar-refractivity contribution < 1.29 is 18.0 Å². The summed E-state index contributed by atoms with van der Waals surface area (Å²) in [6.45, 7) is 3.42. The average Bonchev–Trinajstić information content (AvgIpc) is 3.50. The number of fused-ring (bicyclic) bond motifs is 1. The molecular weight excluding hydrogens is 466 g/mol. The number of piperidine rings is 1. The van der Waals surface area contributed by atoms with Crippen molar-refractivity contribution in [3.8, 4) is 17.1 Å². The van der Waals surface area contributed by atoms with E-state index in [0.717, 1.165) is 51.9 Å². The number of H-pyrrole nitrogens is 2. The summed E-state index contributed by atoms with van der Waals surface area (Å²) in [5, 5.41) is 4.87. The zero-order chi connectivity index (χ0) is 25.1. The molecule has 1 saturated heterocycles. The molecule has 4 aromatic rings. The van der Waals surface area contributed by atoms with Crippen LogP contribution in [0.3, 0.4) is 0 Å². The monoisotopic (exact) mass is 494 g/mol. The second-order valence-corrected chi connectivity index (χ2v) is 10.4. The van der Waals surface area contributed by atoms with Gasteiger partial charge in [-0.3, -0.25) is 14.4 Å². The van der Waals surface area contributed by atoms with Gasteiger partial charge in [0.2, 0.25) is 5.92 Å². The van der Waals surface area contributed by atoms with Crippen LogP contribution < -0.4 is 10.5 Å². The topological polar surface area (TPSA) is 87.2 Å². The van der Waals surface area contributed by atoms with Crippen molar-refractivity contribution in [2.75, 3.05) is 13.7 Å². The molecule has 0 radical (unpaired) electrons. The number of benzene rings is 2. The van der Waals surface area contributed by atoms with Crippen LogP contribution >= 0.6 is 0 Å². The normalized spacial score (nSPS) is 21.1. The molecule has 188 valence electrons. The Morgan fingerprint density at radius 2 is 2.00 bits per heavy atom. The number of alkyl halides is 2. The van der Waals surface area contributed by atoms with E-state index >= 15 is 0 Å². The van der Waals surface area contributed by atoms with E-state index in [-0.39, 0.29) is 24.3 Å². The van der Waals surface area contributed by atoms with Gasteiger partial charge in [0.05, 0.1) is 7.11 Å². The van der Waals surface area contributed by atoms with Gasteiger partial charge in [-0.15, -0.1) is 0 Å². The van der Waals surface area contributed by atoms with Crippen molar-refractivity contribution in [1.29, 1.82) is 0 Å². The Balaban J connectivity index is 1.35. The number of aromatic nitrogens is 3. The molecule has 9 heteroatoms. The fraction of sp³-hybridized carbons (Fsp3) is 0.407.